The molecule has 2 rings (SSSR count). The Morgan fingerprint density at radius 2 is 1.81 bits per heavy atom. The fraction of sp³-hybridized carbons (Fsp3) is 0.350. The highest BCUT2D eigenvalue weighted by molar-refractivity contribution is 7.92. The summed E-state index contributed by atoms with van der Waals surface area (Å²) < 4.78 is 30.9. The molecule has 0 saturated heterocycles. The van der Waals surface area contributed by atoms with Crippen molar-refractivity contribution in [3.63, 3.8) is 0 Å². The minimum atomic E-state index is -3.50. The summed E-state index contributed by atoms with van der Waals surface area (Å²) in [4.78, 5) is 12.2. The molecule has 0 saturated carbocycles. The summed E-state index contributed by atoms with van der Waals surface area (Å²) in [6, 6.07) is 12.7. The molecule has 0 aliphatic heterocycles. The van der Waals surface area contributed by atoms with Crippen LogP contribution in [0.1, 0.15) is 24.0 Å². The van der Waals surface area contributed by atoms with E-state index in [1.54, 1.807) is 24.3 Å². The number of hydrogen-bond donors (Lipinski definition) is 1. The number of hydrogen-bond acceptors (Lipinski definition) is 4. The molecule has 0 radical (unpaired) electrons. The molecule has 1 N–H and O–H groups in total. The Hall–Kier alpha value is -2.54. The molecule has 0 fully saturated rings. The molecule has 146 valence electrons. The van der Waals surface area contributed by atoms with Gasteiger partial charge in [0.1, 0.15) is 5.75 Å². The first-order chi connectivity index (χ1) is 12.7. The Morgan fingerprint density at radius 3 is 2.44 bits per heavy atom. The van der Waals surface area contributed by atoms with Crippen molar-refractivity contribution in [3.05, 3.63) is 53.6 Å². The third-order valence-electron chi connectivity index (χ3n) is 4.31. The maximum absolute atomic E-state index is 12.2. The van der Waals surface area contributed by atoms with Crippen LogP contribution in [0.2, 0.25) is 0 Å². The molecule has 27 heavy (non-hydrogen) atoms. The lowest BCUT2D eigenvalue weighted by atomic mass is 10.1. The maximum atomic E-state index is 12.2. The molecule has 0 spiro atoms. The lowest BCUT2D eigenvalue weighted by Crippen LogP contribution is -2.31. The highest BCUT2D eigenvalue weighted by Gasteiger charge is 2.20. The van der Waals surface area contributed by atoms with Crippen molar-refractivity contribution >= 4 is 27.3 Å². The van der Waals surface area contributed by atoms with E-state index in [4.69, 9.17) is 4.74 Å². The molecular formula is C20H26N2O4S. The first kappa shape index (κ1) is 20.8. The van der Waals surface area contributed by atoms with Crippen molar-refractivity contribution in [3.8, 4) is 5.75 Å². The normalized spacial score (nSPS) is 11.1. The molecule has 0 atom stereocenters. The van der Waals surface area contributed by atoms with Crippen LogP contribution in [0.15, 0.2) is 42.5 Å². The number of carbonyl (C=O) groups is 1. The van der Waals surface area contributed by atoms with Gasteiger partial charge in [-0.05, 0) is 55.7 Å². The number of nitrogens with zero attached hydrogens (tertiary/aromatic N) is 1. The van der Waals surface area contributed by atoms with E-state index in [1.165, 1.54) is 11.4 Å². The van der Waals surface area contributed by atoms with E-state index < -0.39 is 10.0 Å². The number of methoxy groups -OCH3 is 1. The van der Waals surface area contributed by atoms with Gasteiger partial charge in [0.25, 0.3) is 0 Å². The molecule has 0 heterocycles. The fourth-order valence-electron chi connectivity index (χ4n) is 2.73. The zero-order valence-electron chi connectivity index (χ0n) is 16.2. The fourth-order valence-corrected chi connectivity index (χ4v) is 3.70. The van der Waals surface area contributed by atoms with Crippen molar-refractivity contribution in [2.75, 3.05) is 29.5 Å². The van der Waals surface area contributed by atoms with Gasteiger partial charge >= 0.3 is 0 Å². The summed E-state index contributed by atoms with van der Waals surface area (Å²) in [6.07, 6.45) is 1.75. The second-order valence-electron chi connectivity index (χ2n) is 6.46. The lowest BCUT2D eigenvalue weighted by molar-refractivity contribution is -0.116. The summed E-state index contributed by atoms with van der Waals surface area (Å²) in [5.74, 6) is 0.328. The average Bonchev–Trinajstić information content (AvgIpc) is 2.61. The van der Waals surface area contributed by atoms with Gasteiger partial charge in [-0.3, -0.25) is 9.10 Å². The van der Waals surface area contributed by atoms with Crippen LogP contribution in [0, 0.1) is 13.8 Å². The van der Waals surface area contributed by atoms with Crippen LogP contribution in [0.3, 0.4) is 0 Å². The van der Waals surface area contributed by atoms with Gasteiger partial charge in [0, 0.05) is 18.7 Å². The molecular weight excluding hydrogens is 364 g/mol. The Labute approximate surface area is 161 Å². The molecule has 0 aliphatic rings. The van der Waals surface area contributed by atoms with Gasteiger partial charge in [0.15, 0.2) is 0 Å². The minimum Gasteiger partial charge on any atom is -0.495 e. The largest absolute Gasteiger partial charge is 0.495 e. The smallest absolute Gasteiger partial charge is 0.232 e. The third kappa shape index (κ3) is 5.72. The number of sulfonamides is 1. The number of rotatable bonds is 8. The van der Waals surface area contributed by atoms with Gasteiger partial charge in [-0.15, -0.1) is 0 Å². The molecule has 0 aromatic heterocycles. The Morgan fingerprint density at radius 1 is 1.11 bits per heavy atom. The van der Waals surface area contributed by atoms with Crippen LogP contribution < -0.4 is 14.4 Å². The first-order valence-electron chi connectivity index (χ1n) is 8.70. The van der Waals surface area contributed by atoms with E-state index in [0.717, 1.165) is 23.1 Å². The van der Waals surface area contributed by atoms with Crippen molar-refractivity contribution in [1.29, 1.82) is 0 Å². The van der Waals surface area contributed by atoms with Crippen LogP contribution in [0.25, 0.3) is 0 Å². The number of para-hydroxylation sites is 2. The summed E-state index contributed by atoms with van der Waals surface area (Å²) in [5, 5.41) is 2.85. The SMILES string of the molecule is COc1ccccc1N(CCCC(=O)Nc1ccc(C)c(C)c1)S(C)(=O)=O. The number of ether oxygens (including phenoxy) is 1. The highest BCUT2D eigenvalue weighted by Crippen LogP contribution is 2.29. The first-order valence-corrected chi connectivity index (χ1v) is 10.5. The van der Waals surface area contributed by atoms with Gasteiger partial charge in [-0.2, -0.15) is 0 Å². The van der Waals surface area contributed by atoms with E-state index in [2.05, 4.69) is 5.32 Å². The van der Waals surface area contributed by atoms with E-state index in [0.29, 0.717) is 17.9 Å². The van der Waals surface area contributed by atoms with Crippen LogP contribution in [-0.2, 0) is 14.8 Å². The molecule has 6 nitrogen and oxygen atoms in total. The zero-order chi connectivity index (χ0) is 20.0. The Balaban J connectivity index is 2.01. The van der Waals surface area contributed by atoms with Crippen LogP contribution >= 0.6 is 0 Å². The van der Waals surface area contributed by atoms with Crippen LogP contribution in [0.5, 0.6) is 5.75 Å². The van der Waals surface area contributed by atoms with Crippen LogP contribution in [-0.4, -0.2) is 34.2 Å². The van der Waals surface area contributed by atoms with Crippen molar-refractivity contribution in [2.24, 2.45) is 0 Å². The third-order valence-corrected chi connectivity index (χ3v) is 5.49. The number of anilines is 2. The number of carbonyl (C=O) groups excluding carboxylic acids is 1. The van der Waals surface area contributed by atoms with Crippen molar-refractivity contribution < 1.29 is 17.9 Å². The summed E-state index contributed by atoms with van der Waals surface area (Å²) >= 11 is 0. The zero-order valence-corrected chi connectivity index (χ0v) is 17.0. The second kappa shape index (κ2) is 8.90. The molecule has 1 amide bonds. The molecule has 2 aromatic rings. The van der Waals surface area contributed by atoms with Gasteiger partial charge in [0.2, 0.25) is 15.9 Å². The van der Waals surface area contributed by atoms with E-state index >= 15 is 0 Å². The number of aryl methyl sites for hydroxylation is 2. The Kier molecular flexibility index (Phi) is 6.85. The molecule has 7 heteroatoms. The van der Waals surface area contributed by atoms with Gasteiger partial charge in [-0.1, -0.05) is 18.2 Å². The van der Waals surface area contributed by atoms with Gasteiger partial charge in [0.05, 0.1) is 19.1 Å². The van der Waals surface area contributed by atoms with Crippen molar-refractivity contribution in [1.82, 2.24) is 0 Å². The molecule has 2 aromatic carbocycles. The van der Waals surface area contributed by atoms with E-state index in [9.17, 15) is 13.2 Å². The Bertz CT molecular complexity index is 910. The molecule has 0 bridgehead atoms. The quantitative estimate of drug-likeness (QED) is 0.749. The number of amides is 1. The van der Waals surface area contributed by atoms with E-state index in [1.807, 2.05) is 32.0 Å². The van der Waals surface area contributed by atoms with Gasteiger partial charge < -0.3 is 10.1 Å². The summed E-state index contributed by atoms with van der Waals surface area (Å²) in [5.41, 5.74) is 3.48. The van der Waals surface area contributed by atoms with Crippen LogP contribution in [0.4, 0.5) is 11.4 Å². The predicted octanol–water partition coefficient (Wildman–Crippen LogP) is 3.50. The number of benzene rings is 2. The maximum Gasteiger partial charge on any atom is 0.232 e. The highest BCUT2D eigenvalue weighted by atomic mass is 32.2. The predicted molar refractivity (Wildman–Crippen MR) is 109 cm³/mol. The van der Waals surface area contributed by atoms with Crippen molar-refractivity contribution in [2.45, 2.75) is 26.7 Å². The molecule has 0 aliphatic carbocycles. The van der Waals surface area contributed by atoms with E-state index in [-0.39, 0.29) is 18.9 Å². The lowest BCUT2D eigenvalue weighted by Gasteiger charge is -2.24. The minimum absolute atomic E-state index is 0.147. The summed E-state index contributed by atoms with van der Waals surface area (Å²) in [7, 11) is -2.00. The number of nitrogens with one attached hydrogen (secondary N) is 1. The molecule has 0 unspecified atom stereocenters. The standard InChI is InChI=1S/C20H26N2O4S/c1-15-11-12-17(14-16(15)2)21-20(23)10-7-13-22(27(4,24)25)18-8-5-6-9-19(18)26-3/h5-6,8-9,11-12,14H,7,10,13H2,1-4H3,(H,21,23). The van der Waals surface area contributed by atoms with Gasteiger partial charge in [-0.25, -0.2) is 8.42 Å². The topological polar surface area (TPSA) is 75.7 Å². The monoisotopic (exact) mass is 390 g/mol. The second-order valence-corrected chi connectivity index (χ2v) is 8.36. The summed E-state index contributed by atoms with van der Waals surface area (Å²) in [6.45, 7) is 4.19. The average molecular weight is 391 g/mol.